The van der Waals surface area contributed by atoms with Crippen LogP contribution in [0.15, 0.2) is 84.9 Å². The first-order valence-corrected chi connectivity index (χ1v) is 10.8. The molecule has 0 fully saturated rings. The molecule has 1 aromatic heterocycles. The standard InChI is InChI=1S/C27H21ClN4O/c1-19-9-11-21(12-10-19)26(33)25-24(18-29)27(30-17-5-8-20-6-3-2-4-7-20)32(31-25)23-15-13-22(28)14-16-23/h2-16,30H,17H2,1H3. The lowest BCUT2D eigenvalue weighted by Crippen LogP contribution is -2.07. The van der Waals surface area contributed by atoms with Crippen molar-refractivity contribution in [3.05, 3.63) is 118 Å². The molecule has 5 nitrogen and oxygen atoms in total. The minimum atomic E-state index is -0.304. The summed E-state index contributed by atoms with van der Waals surface area (Å²) in [5.41, 5.74) is 3.59. The third-order valence-corrected chi connectivity index (χ3v) is 5.35. The normalized spacial score (nSPS) is 10.8. The predicted octanol–water partition coefficient (Wildman–Crippen LogP) is 6.06. The number of anilines is 1. The summed E-state index contributed by atoms with van der Waals surface area (Å²) in [5, 5.41) is 18.3. The van der Waals surface area contributed by atoms with Crippen molar-refractivity contribution in [2.75, 3.05) is 11.9 Å². The molecule has 0 amide bonds. The van der Waals surface area contributed by atoms with Crippen LogP contribution in [0.3, 0.4) is 0 Å². The number of hydrogen-bond donors (Lipinski definition) is 1. The predicted molar refractivity (Wildman–Crippen MR) is 132 cm³/mol. The van der Waals surface area contributed by atoms with Crippen LogP contribution in [0.5, 0.6) is 0 Å². The molecule has 0 aliphatic carbocycles. The van der Waals surface area contributed by atoms with Crippen LogP contribution in [-0.2, 0) is 0 Å². The Morgan fingerprint density at radius 3 is 2.42 bits per heavy atom. The van der Waals surface area contributed by atoms with E-state index in [9.17, 15) is 10.1 Å². The van der Waals surface area contributed by atoms with Gasteiger partial charge in [0, 0.05) is 17.1 Å². The number of aromatic nitrogens is 2. The average Bonchev–Trinajstić information content (AvgIpc) is 3.21. The van der Waals surface area contributed by atoms with E-state index in [1.807, 2.05) is 61.5 Å². The van der Waals surface area contributed by atoms with Gasteiger partial charge in [-0.25, -0.2) is 4.68 Å². The van der Waals surface area contributed by atoms with Crippen molar-refractivity contribution in [3.63, 3.8) is 0 Å². The van der Waals surface area contributed by atoms with Gasteiger partial charge in [0.05, 0.1) is 5.69 Å². The van der Waals surface area contributed by atoms with Gasteiger partial charge in [0.25, 0.3) is 0 Å². The number of ketones is 1. The molecule has 0 spiro atoms. The van der Waals surface area contributed by atoms with Gasteiger partial charge in [0.15, 0.2) is 5.69 Å². The van der Waals surface area contributed by atoms with Gasteiger partial charge >= 0.3 is 0 Å². The summed E-state index contributed by atoms with van der Waals surface area (Å²) in [6.45, 7) is 2.40. The lowest BCUT2D eigenvalue weighted by Gasteiger charge is -2.09. The summed E-state index contributed by atoms with van der Waals surface area (Å²) >= 11 is 6.05. The number of halogens is 1. The van der Waals surface area contributed by atoms with Crippen LogP contribution in [-0.4, -0.2) is 22.1 Å². The minimum absolute atomic E-state index is 0.103. The van der Waals surface area contributed by atoms with E-state index < -0.39 is 0 Å². The zero-order valence-corrected chi connectivity index (χ0v) is 18.8. The molecule has 33 heavy (non-hydrogen) atoms. The molecule has 0 atom stereocenters. The van der Waals surface area contributed by atoms with E-state index in [1.54, 1.807) is 41.1 Å². The Kier molecular flexibility index (Phi) is 6.68. The smallest absolute Gasteiger partial charge is 0.214 e. The van der Waals surface area contributed by atoms with Crippen LogP contribution < -0.4 is 5.32 Å². The Morgan fingerprint density at radius 1 is 1.06 bits per heavy atom. The molecule has 0 unspecified atom stereocenters. The third-order valence-electron chi connectivity index (χ3n) is 5.09. The van der Waals surface area contributed by atoms with Crippen LogP contribution in [0.4, 0.5) is 5.82 Å². The quantitative estimate of drug-likeness (QED) is 0.346. The SMILES string of the molecule is Cc1ccc(C(=O)c2nn(-c3ccc(Cl)cc3)c(NCC=Cc3ccccc3)c2C#N)cc1. The Balaban J connectivity index is 1.71. The first kappa shape index (κ1) is 22.1. The zero-order chi connectivity index (χ0) is 23.2. The van der Waals surface area contributed by atoms with Gasteiger partial charge in [-0.05, 0) is 36.8 Å². The van der Waals surface area contributed by atoms with Crippen molar-refractivity contribution in [2.45, 2.75) is 6.92 Å². The molecule has 3 aromatic carbocycles. The molecule has 1 heterocycles. The van der Waals surface area contributed by atoms with Gasteiger partial charge in [-0.3, -0.25) is 4.79 Å². The molecule has 4 aromatic rings. The highest BCUT2D eigenvalue weighted by atomic mass is 35.5. The fraction of sp³-hybridized carbons (Fsp3) is 0.0741. The number of carbonyl (C=O) groups excluding carboxylic acids is 1. The summed E-state index contributed by atoms with van der Waals surface area (Å²) in [6.07, 6.45) is 3.94. The summed E-state index contributed by atoms with van der Waals surface area (Å²) < 4.78 is 1.58. The number of rotatable bonds is 7. The highest BCUT2D eigenvalue weighted by Crippen LogP contribution is 2.26. The molecule has 0 aliphatic heterocycles. The number of nitriles is 1. The van der Waals surface area contributed by atoms with Crippen molar-refractivity contribution in [2.24, 2.45) is 0 Å². The van der Waals surface area contributed by atoms with Crippen molar-refractivity contribution >= 4 is 29.3 Å². The molecular formula is C27H21ClN4O. The second-order valence-electron chi connectivity index (χ2n) is 7.46. The maximum atomic E-state index is 13.2. The molecule has 1 N–H and O–H groups in total. The van der Waals surface area contributed by atoms with Crippen molar-refractivity contribution < 1.29 is 4.79 Å². The molecule has 0 aliphatic rings. The lowest BCUT2D eigenvalue weighted by atomic mass is 10.0. The van der Waals surface area contributed by atoms with Crippen LogP contribution in [0, 0.1) is 18.3 Å². The lowest BCUT2D eigenvalue weighted by molar-refractivity contribution is 0.103. The van der Waals surface area contributed by atoms with E-state index in [-0.39, 0.29) is 17.0 Å². The van der Waals surface area contributed by atoms with E-state index in [1.165, 1.54) is 0 Å². The van der Waals surface area contributed by atoms with E-state index >= 15 is 0 Å². The molecule has 0 saturated heterocycles. The van der Waals surface area contributed by atoms with E-state index in [2.05, 4.69) is 16.5 Å². The van der Waals surface area contributed by atoms with E-state index in [0.717, 1.165) is 11.1 Å². The first-order chi connectivity index (χ1) is 16.1. The van der Waals surface area contributed by atoms with Gasteiger partial charge < -0.3 is 5.32 Å². The second-order valence-corrected chi connectivity index (χ2v) is 7.90. The van der Waals surface area contributed by atoms with Gasteiger partial charge in [-0.15, -0.1) is 0 Å². The topological polar surface area (TPSA) is 70.7 Å². The summed E-state index contributed by atoms with van der Waals surface area (Å²) in [6, 6.07) is 26.4. The van der Waals surface area contributed by atoms with Gasteiger partial charge in [-0.1, -0.05) is 83.9 Å². The number of carbonyl (C=O) groups is 1. The second kappa shape index (κ2) is 9.99. The van der Waals surface area contributed by atoms with Crippen molar-refractivity contribution in [3.8, 4) is 11.8 Å². The Labute approximate surface area is 197 Å². The average molecular weight is 453 g/mol. The van der Waals surface area contributed by atoms with Crippen LogP contribution in [0.2, 0.25) is 5.02 Å². The molecule has 4 rings (SSSR count). The fourth-order valence-electron chi connectivity index (χ4n) is 3.37. The first-order valence-electron chi connectivity index (χ1n) is 10.4. The number of nitrogens with one attached hydrogen (secondary N) is 1. The molecule has 6 heteroatoms. The Morgan fingerprint density at radius 2 is 1.76 bits per heavy atom. The van der Waals surface area contributed by atoms with Gasteiger partial charge in [0.2, 0.25) is 5.78 Å². The maximum absolute atomic E-state index is 13.2. The molecule has 0 radical (unpaired) electrons. The number of hydrogen-bond acceptors (Lipinski definition) is 4. The fourth-order valence-corrected chi connectivity index (χ4v) is 3.50. The molecule has 0 saturated carbocycles. The minimum Gasteiger partial charge on any atom is -0.365 e. The molecular weight excluding hydrogens is 432 g/mol. The zero-order valence-electron chi connectivity index (χ0n) is 18.0. The Hall–Kier alpha value is -4.14. The van der Waals surface area contributed by atoms with Crippen molar-refractivity contribution in [1.29, 1.82) is 5.26 Å². The van der Waals surface area contributed by atoms with Gasteiger partial charge in [-0.2, -0.15) is 10.4 Å². The summed E-state index contributed by atoms with van der Waals surface area (Å²) in [7, 11) is 0. The van der Waals surface area contributed by atoms with E-state index in [4.69, 9.17) is 11.6 Å². The van der Waals surface area contributed by atoms with Crippen LogP contribution in [0.25, 0.3) is 11.8 Å². The summed E-state index contributed by atoms with van der Waals surface area (Å²) in [5.74, 6) is 0.148. The molecule has 0 bridgehead atoms. The highest BCUT2D eigenvalue weighted by Gasteiger charge is 2.24. The maximum Gasteiger partial charge on any atom is 0.214 e. The highest BCUT2D eigenvalue weighted by molar-refractivity contribution is 6.30. The van der Waals surface area contributed by atoms with Crippen LogP contribution in [0.1, 0.15) is 32.7 Å². The van der Waals surface area contributed by atoms with Crippen LogP contribution >= 0.6 is 11.6 Å². The number of aryl methyl sites for hydroxylation is 1. The number of nitrogens with zero attached hydrogens (tertiary/aromatic N) is 3. The summed E-state index contributed by atoms with van der Waals surface area (Å²) in [4.78, 5) is 13.2. The monoisotopic (exact) mass is 452 g/mol. The van der Waals surface area contributed by atoms with Gasteiger partial charge in [0.1, 0.15) is 17.5 Å². The third kappa shape index (κ3) is 5.03. The Bertz CT molecular complexity index is 1330. The number of benzene rings is 3. The van der Waals surface area contributed by atoms with Crippen molar-refractivity contribution in [1.82, 2.24) is 9.78 Å². The largest absolute Gasteiger partial charge is 0.365 e. The van der Waals surface area contributed by atoms with E-state index in [0.29, 0.717) is 28.6 Å². The molecule has 162 valence electrons.